The quantitative estimate of drug-likeness (QED) is 0.837. The van der Waals surface area contributed by atoms with E-state index in [4.69, 9.17) is 11.6 Å². The van der Waals surface area contributed by atoms with E-state index in [1.54, 1.807) is 6.20 Å². The second kappa shape index (κ2) is 4.39. The van der Waals surface area contributed by atoms with Crippen molar-refractivity contribution in [2.75, 3.05) is 10.2 Å². The van der Waals surface area contributed by atoms with Crippen LogP contribution < -0.4 is 10.2 Å². The van der Waals surface area contributed by atoms with E-state index in [9.17, 15) is 4.79 Å². The van der Waals surface area contributed by atoms with Gasteiger partial charge in [0.25, 0.3) is 0 Å². The van der Waals surface area contributed by atoms with Gasteiger partial charge in [-0.2, -0.15) is 4.98 Å². The molecule has 0 fully saturated rings. The summed E-state index contributed by atoms with van der Waals surface area (Å²) in [5.74, 6) is 0.634. The van der Waals surface area contributed by atoms with E-state index in [0.29, 0.717) is 11.5 Å². The Labute approximate surface area is 112 Å². The van der Waals surface area contributed by atoms with E-state index in [1.165, 1.54) is 0 Å². The van der Waals surface area contributed by atoms with Crippen molar-refractivity contribution in [1.29, 1.82) is 0 Å². The van der Waals surface area contributed by atoms with Crippen molar-refractivity contribution >= 4 is 29.0 Å². The molecule has 0 saturated heterocycles. The first-order chi connectivity index (χ1) is 8.37. The molecule has 1 unspecified atom stereocenters. The van der Waals surface area contributed by atoms with E-state index in [0.717, 1.165) is 6.42 Å². The first kappa shape index (κ1) is 13.1. The SMILES string of the molecule is CCC(C)N1c2nc(Cl)ncc2NC(=O)C1(C)C. The molecule has 1 aliphatic rings. The van der Waals surface area contributed by atoms with Gasteiger partial charge in [0.05, 0.1) is 6.20 Å². The molecule has 18 heavy (non-hydrogen) atoms. The minimum atomic E-state index is -0.653. The summed E-state index contributed by atoms with van der Waals surface area (Å²) in [6.07, 6.45) is 2.46. The van der Waals surface area contributed by atoms with E-state index >= 15 is 0 Å². The van der Waals surface area contributed by atoms with Gasteiger partial charge in [0.1, 0.15) is 11.2 Å². The molecule has 0 spiro atoms. The lowest BCUT2D eigenvalue weighted by Crippen LogP contribution is -2.59. The lowest BCUT2D eigenvalue weighted by Gasteiger charge is -2.45. The van der Waals surface area contributed by atoms with Gasteiger partial charge in [-0.05, 0) is 38.8 Å². The van der Waals surface area contributed by atoms with E-state index < -0.39 is 5.54 Å². The summed E-state index contributed by atoms with van der Waals surface area (Å²) in [5, 5.41) is 3.01. The average molecular weight is 269 g/mol. The summed E-state index contributed by atoms with van der Waals surface area (Å²) in [4.78, 5) is 22.3. The number of halogens is 1. The summed E-state index contributed by atoms with van der Waals surface area (Å²) in [6, 6.07) is 0.191. The Balaban J connectivity index is 2.59. The molecule has 1 N–H and O–H groups in total. The summed E-state index contributed by atoms with van der Waals surface area (Å²) >= 11 is 5.86. The van der Waals surface area contributed by atoms with E-state index in [2.05, 4.69) is 29.1 Å². The first-order valence-corrected chi connectivity index (χ1v) is 6.39. The summed E-state index contributed by atoms with van der Waals surface area (Å²) in [7, 11) is 0. The molecule has 1 atom stereocenters. The maximum atomic E-state index is 12.2. The van der Waals surface area contributed by atoms with Gasteiger partial charge in [0, 0.05) is 6.04 Å². The van der Waals surface area contributed by atoms with Crippen LogP contribution in [0.1, 0.15) is 34.1 Å². The number of hydrogen-bond donors (Lipinski definition) is 1. The fourth-order valence-corrected chi connectivity index (χ4v) is 2.34. The molecule has 98 valence electrons. The molecule has 2 heterocycles. The molecular weight excluding hydrogens is 252 g/mol. The van der Waals surface area contributed by atoms with Crippen molar-refractivity contribution in [2.24, 2.45) is 0 Å². The largest absolute Gasteiger partial charge is 0.338 e. The predicted molar refractivity (Wildman–Crippen MR) is 72.0 cm³/mol. The minimum absolute atomic E-state index is 0.0544. The second-order valence-corrected chi connectivity index (χ2v) is 5.35. The van der Waals surface area contributed by atoms with Gasteiger partial charge in [-0.1, -0.05) is 6.92 Å². The van der Waals surface area contributed by atoms with Crippen LogP contribution in [0.4, 0.5) is 11.5 Å². The van der Waals surface area contributed by atoms with Gasteiger partial charge in [-0.3, -0.25) is 4.79 Å². The molecule has 0 bridgehead atoms. The number of hydrogen-bond acceptors (Lipinski definition) is 4. The summed E-state index contributed by atoms with van der Waals surface area (Å²) in [5.41, 5.74) is -0.0378. The third-order valence-electron chi connectivity index (χ3n) is 3.41. The molecule has 0 saturated carbocycles. The number of fused-ring (bicyclic) bond motifs is 1. The van der Waals surface area contributed by atoms with Crippen molar-refractivity contribution in [1.82, 2.24) is 9.97 Å². The van der Waals surface area contributed by atoms with Crippen LogP contribution in [-0.4, -0.2) is 27.5 Å². The number of rotatable bonds is 2. The molecule has 6 heteroatoms. The highest BCUT2D eigenvalue weighted by Gasteiger charge is 2.43. The molecule has 0 aromatic carbocycles. The van der Waals surface area contributed by atoms with Gasteiger partial charge in [0.2, 0.25) is 11.2 Å². The number of anilines is 2. The highest BCUT2D eigenvalue weighted by atomic mass is 35.5. The number of nitrogens with zero attached hydrogens (tertiary/aromatic N) is 3. The van der Waals surface area contributed by atoms with Gasteiger partial charge >= 0.3 is 0 Å². The molecule has 0 radical (unpaired) electrons. The van der Waals surface area contributed by atoms with E-state index in [-0.39, 0.29) is 17.2 Å². The van der Waals surface area contributed by atoms with Crippen molar-refractivity contribution < 1.29 is 4.79 Å². The maximum Gasteiger partial charge on any atom is 0.249 e. The highest BCUT2D eigenvalue weighted by molar-refractivity contribution is 6.28. The molecule has 1 amide bonds. The van der Waals surface area contributed by atoms with Crippen LogP contribution in [0.25, 0.3) is 0 Å². The van der Waals surface area contributed by atoms with Crippen LogP contribution in [0, 0.1) is 0 Å². The molecule has 1 aromatic rings. The normalized spacial score (nSPS) is 19.2. The van der Waals surface area contributed by atoms with Gasteiger partial charge in [0.15, 0.2) is 5.82 Å². The molecule has 1 aromatic heterocycles. The molecular formula is C12H17ClN4O. The van der Waals surface area contributed by atoms with Gasteiger partial charge in [-0.25, -0.2) is 4.98 Å². The Bertz CT molecular complexity index is 489. The first-order valence-electron chi connectivity index (χ1n) is 6.01. The van der Waals surface area contributed by atoms with Crippen molar-refractivity contribution in [3.8, 4) is 0 Å². The van der Waals surface area contributed by atoms with Crippen LogP contribution in [0.5, 0.6) is 0 Å². The number of carbonyl (C=O) groups is 1. The fraction of sp³-hybridized carbons (Fsp3) is 0.583. The lowest BCUT2D eigenvalue weighted by molar-refractivity contribution is -0.120. The molecule has 2 rings (SSSR count). The molecule has 0 aliphatic carbocycles. The Hall–Kier alpha value is -1.36. The lowest BCUT2D eigenvalue weighted by atomic mass is 9.95. The van der Waals surface area contributed by atoms with Crippen LogP contribution in [0.15, 0.2) is 6.20 Å². The zero-order valence-electron chi connectivity index (χ0n) is 11.0. The van der Waals surface area contributed by atoms with Crippen LogP contribution in [0.3, 0.4) is 0 Å². The Morgan fingerprint density at radius 3 is 2.83 bits per heavy atom. The summed E-state index contributed by atoms with van der Waals surface area (Å²) in [6.45, 7) is 7.91. The van der Waals surface area contributed by atoms with Crippen molar-refractivity contribution in [3.05, 3.63) is 11.5 Å². The zero-order valence-corrected chi connectivity index (χ0v) is 11.7. The molecule has 1 aliphatic heterocycles. The average Bonchev–Trinajstić information content (AvgIpc) is 2.30. The molecule has 5 nitrogen and oxygen atoms in total. The smallest absolute Gasteiger partial charge is 0.249 e. The van der Waals surface area contributed by atoms with Crippen molar-refractivity contribution in [3.63, 3.8) is 0 Å². The Morgan fingerprint density at radius 1 is 1.56 bits per heavy atom. The second-order valence-electron chi connectivity index (χ2n) is 5.02. The third-order valence-corrected chi connectivity index (χ3v) is 3.59. The Kier molecular flexibility index (Phi) is 3.19. The van der Waals surface area contributed by atoms with Crippen molar-refractivity contribution in [2.45, 2.75) is 45.7 Å². The monoisotopic (exact) mass is 268 g/mol. The number of nitrogens with one attached hydrogen (secondary N) is 1. The van der Waals surface area contributed by atoms with E-state index in [1.807, 2.05) is 18.7 Å². The number of amides is 1. The maximum absolute atomic E-state index is 12.2. The standard InChI is InChI=1S/C12H17ClN4O/c1-5-7(2)17-9-8(6-14-11(13)16-9)15-10(18)12(17,3)4/h6-7H,5H2,1-4H3,(H,15,18). The number of carbonyl (C=O) groups excluding carboxylic acids is 1. The summed E-state index contributed by atoms with van der Waals surface area (Å²) < 4.78 is 0. The minimum Gasteiger partial charge on any atom is -0.338 e. The third kappa shape index (κ3) is 1.92. The number of aromatic nitrogens is 2. The highest BCUT2D eigenvalue weighted by Crippen LogP contribution is 2.37. The van der Waals surface area contributed by atoms with Crippen LogP contribution in [0.2, 0.25) is 5.28 Å². The van der Waals surface area contributed by atoms with Crippen LogP contribution >= 0.6 is 11.6 Å². The fourth-order valence-electron chi connectivity index (χ4n) is 2.22. The topological polar surface area (TPSA) is 58.1 Å². The van der Waals surface area contributed by atoms with Gasteiger partial charge < -0.3 is 10.2 Å². The van der Waals surface area contributed by atoms with Crippen LogP contribution in [-0.2, 0) is 4.79 Å². The predicted octanol–water partition coefficient (Wildman–Crippen LogP) is 2.47. The zero-order chi connectivity index (χ0) is 13.5. The Morgan fingerprint density at radius 2 is 2.22 bits per heavy atom. The van der Waals surface area contributed by atoms with Gasteiger partial charge in [-0.15, -0.1) is 0 Å².